The Labute approximate surface area is 392 Å². The van der Waals surface area contributed by atoms with E-state index in [1.807, 2.05) is 122 Å². The van der Waals surface area contributed by atoms with Gasteiger partial charge in [0.05, 0.1) is 11.4 Å². The second-order valence-corrected chi connectivity index (χ2v) is 17.1. The SMILES string of the molecule is c1ccc(-c2nc(-c3cccc(-c4ccccn4)c3)nc(-c3ccc4c(c3)C3c5ccccc5C4c4cc(-c5nc(-c6ccccc6)nc(-c6cccc(-c7ccccn7)c6)n5)ccc43)n2)cc1. The van der Waals surface area contributed by atoms with E-state index in [0.717, 1.165) is 55.9 Å². The average molecular weight is 871 g/mol. The number of benzene rings is 7. The number of aromatic nitrogens is 8. The smallest absolute Gasteiger partial charge is 0.164 e. The lowest BCUT2D eigenvalue weighted by Gasteiger charge is -2.42. The Balaban J connectivity index is 0.922. The Hall–Kier alpha value is -9.14. The van der Waals surface area contributed by atoms with Gasteiger partial charge in [0.1, 0.15) is 0 Å². The van der Waals surface area contributed by atoms with E-state index < -0.39 is 0 Å². The van der Waals surface area contributed by atoms with Crippen LogP contribution in [0.2, 0.25) is 0 Å². The summed E-state index contributed by atoms with van der Waals surface area (Å²) in [6.07, 6.45) is 3.63. The molecule has 7 aromatic carbocycles. The van der Waals surface area contributed by atoms with Crippen molar-refractivity contribution < 1.29 is 0 Å². The van der Waals surface area contributed by atoms with Crippen molar-refractivity contribution >= 4 is 0 Å². The Morgan fingerprint density at radius 3 is 0.941 bits per heavy atom. The van der Waals surface area contributed by atoms with Crippen LogP contribution in [0.1, 0.15) is 45.2 Å². The first-order chi connectivity index (χ1) is 33.7. The number of rotatable bonds is 8. The van der Waals surface area contributed by atoms with Crippen molar-refractivity contribution in [3.63, 3.8) is 0 Å². The van der Waals surface area contributed by atoms with Gasteiger partial charge in [-0.2, -0.15) is 0 Å². The molecule has 2 atom stereocenters. The number of hydrogen-bond acceptors (Lipinski definition) is 8. The molecule has 4 heterocycles. The minimum absolute atomic E-state index is 0.00305. The summed E-state index contributed by atoms with van der Waals surface area (Å²) in [6.45, 7) is 0. The summed E-state index contributed by atoms with van der Waals surface area (Å²) in [7, 11) is 0. The zero-order valence-corrected chi connectivity index (χ0v) is 36.5. The van der Waals surface area contributed by atoms with Crippen LogP contribution in [0, 0.1) is 0 Å². The molecule has 0 aliphatic heterocycles. The van der Waals surface area contributed by atoms with Gasteiger partial charge in [-0.15, -0.1) is 0 Å². The molecule has 2 unspecified atom stereocenters. The summed E-state index contributed by atoms with van der Waals surface area (Å²) in [5.41, 5.74) is 17.0. The van der Waals surface area contributed by atoms with E-state index in [1.54, 1.807) is 0 Å². The Kier molecular flexibility index (Phi) is 9.45. The van der Waals surface area contributed by atoms with Gasteiger partial charge in [-0.3, -0.25) is 9.97 Å². The van der Waals surface area contributed by atoms with E-state index in [1.165, 1.54) is 33.4 Å². The van der Waals surface area contributed by atoms with E-state index in [9.17, 15) is 0 Å². The topological polar surface area (TPSA) is 103 Å². The first-order valence-corrected chi connectivity index (χ1v) is 22.7. The second kappa shape index (κ2) is 16.4. The number of nitrogens with zero attached hydrogens (tertiary/aromatic N) is 8. The van der Waals surface area contributed by atoms with Crippen molar-refractivity contribution in [2.24, 2.45) is 0 Å². The van der Waals surface area contributed by atoms with E-state index in [0.29, 0.717) is 34.9 Å². The molecule has 0 fully saturated rings. The maximum Gasteiger partial charge on any atom is 0.164 e. The molecular formula is C60H38N8. The highest BCUT2D eigenvalue weighted by Crippen LogP contribution is 2.56. The van der Waals surface area contributed by atoms with Crippen molar-refractivity contribution in [3.8, 4) is 90.8 Å². The van der Waals surface area contributed by atoms with Crippen molar-refractivity contribution in [2.45, 2.75) is 11.8 Å². The molecule has 0 N–H and O–H groups in total. The molecule has 0 saturated heterocycles. The van der Waals surface area contributed by atoms with Gasteiger partial charge in [0.25, 0.3) is 0 Å². The van der Waals surface area contributed by atoms with Gasteiger partial charge in [0.15, 0.2) is 34.9 Å². The highest BCUT2D eigenvalue weighted by molar-refractivity contribution is 5.77. The van der Waals surface area contributed by atoms with Crippen LogP contribution < -0.4 is 0 Å². The molecule has 3 aliphatic rings. The summed E-state index contributed by atoms with van der Waals surface area (Å²) >= 11 is 0. The van der Waals surface area contributed by atoms with Crippen molar-refractivity contribution in [1.82, 2.24) is 39.9 Å². The van der Waals surface area contributed by atoms with Crippen molar-refractivity contribution in [3.05, 3.63) is 252 Å². The molecule has 11 aromatic rings. The molecule has 0 saturated carbocycles. The maximum absolute atomic E-state index is 5.19. The molecule has 0 spiro atoms. The lowest BCUT2D eigenvalue weighted by atomic mass is 9.61. The average Bonchev–Trinajstić information content (AvgIpc) is 3.43. The maximum atomic E-state index is 5.19. The molecule has 2 bridgehead atoms. The zero-order valence-electron chi connectivity index (χ0n) is 36.5. The van der Waals surface area contributed by atoms with Gasteiger partial charge in [0.2, 0.25) is 0 Å². The molecule has 0 radical (unpaired) electrons. The van der Waals surface area contributed by atoms with Gasteiger partial charge >= 0.3 is 0 Å². The molecule has 8 heteroatoms. The third-order valence-electron chi connectivity index (χ3n) is 13.0. The Morgan fingerprint density at radius 1 is 0.221 bits per heavy atom. The number of hydrogen-bond donors (Lipinski definition) is 0. The van der Waals surface area contributed by atoms with Gasteiger partial charge in [-0.05, 0) is 81.9 Å². The van der Waals surface area contributed by atoms with Gasteiger partial charge in [-0.1, -0.05) is 158 Å². The van der Waals surface area contributed by atoms with E-state index >= 15 is 0 Å². The van der Waals surface area contributed by atoms with E-state index in [2.05, 4.69) is 107 Å². The fourth-order valence-electron chi connectivity index (χ4n) is 9.90. The van der Waals surface area contributed by atoms with Gasteiger partial charge < -0.3 is 0 Å². The fourth-order valence-corrected chi connectivity index (χ4v) is 9.90. The molecule has 14 rings (SSSR count). The summed E-state index contributed by atoms with van der Waals surface area (Å²) < 4.78 is 0. The van der Waals surface area contributed by atoms with Gasteiger partial charge in [-0.25, -0.2) is 29.9 Å². The summed E-state index contributed by atoms with van der Waals surface area (Å²) in [6, 6.07) is 71.0. The monoisotopic (exact) mass is 870 g/mol. The molecule has 68 heavy (non-hydrogen) atoms. The summed E-state index contributed by atoms with van der Waals surface area (Å²) in [5, 5.41) is 0. The molecule has 8 nitrogen and oxygen atoms in total. The second-order valence-electron chi connectivity index (χ2n) is 17.1. The van der Waals surface area contributed by atoms with E-state index in [-0.39, 0.29) is 11.8 Å². The third kappa shape index (κ3) is 6.94. The lowest BCUT2D eigenvalue weighted by Crippen LogP contribution is -2.27. The quantitative estimate of drug-likeness (QED) is 0.149. The minimum atomic E-state index is 0.00305. The Morgan fingerprint density at radius 2 is 0.544 bits per heavy atom. The highest BCUT2D eigenvalue weighted by atomic mass is 15.0. The molecule has 4 aromatic heterocycles. The first kappa shape index (κ1) is 39.2. The first-order valence-electron chi connectivity index (χ1n) is 22.7. The third-order valence-corrected chi connectivity index (χ3v) is 13.0. The molecule has 3 aliphatic carbocycles. The van der Waals surface area contributed by atoms with Crippen LogP contribution >= 0.6 is 0 Å². The van der Waals surface area contributed by atoms with Crippen molar-refractivity contribution in [1.29, 1.82) is 0 Å². The van der Waals surface area contributed by atoms with Crippen LogP contribution in [0.15, 0.2) is 219 Å². The van der Waals surface area contributed by atoms with Crippen LogP contribution in [-0.2, 0) is 0 Å². The summed E-state index contributed by atoms with van der Waals surface area (Å²) in [4.78, 5) is 40.0. The predicted octanol–water partition coefficient (Wildman–Crippen LogP) is 13.2. The van der Waals surface area contributed by atoms with Crippen LogP contribution in [0.25, 0.3) is 90.8 Å². The number of pyridine rings is 2. The highest BCUT2D eigenvalue weighted by Gasteiger charge is 2.41. The standard InChI is InChI=1S/C60H38N8/c1-3-15-37(16-4-1)55-63-57(41-21-13-19-39(33-41)51-25-9-11-31-61-51)67-59(65-55)43-27-29-47-49(35-43)53-45-23-7-8-24-46(45)54(47)50-36-44(28-30-48(50)53)60-66-56(38-17-5-2-6-18-38)64-58(68-60)42-22-14-20-40(34-42)52-26-10-12-32-62-52/h1-36,53-54H. The molecule has 318 valence electrons. The van der Waals surface area contributed by atoms with Crippen LogP contribution in [0.5, 0.6) is 0 Å². The lowest BCUT2D eigenvalue weighted by molar-refractivity contribution is 0.754. The summed E-state index contributed by atoms with van der Waals surface area (Å²) in [5.74, 6) is 3.69. The largest absolute Gasteiger partial charge is 0.256 e. The molecule has 0 amide bonds. The minimum Gasteiger partial charge on any atom is -0.256 e. The normalized spacial score (nSPS) is 14.2. The van der Waals surface area contributed by atoms with Crippen LogP contribution in [-0.4, -0.2) is 39.9 Å². The van der Waals surface area contributed by atoms with E-state index in [4.69, 9.17) is 29.9 Å². The molecular weight excluding hydrogens is 833 g/mol. The fraction of sp³-hybridized carbons (Fsp3) is 0.0333. The Bertz CT molecular complexity index is 3450. The van der Waals surface area contributed by atoms with Crippen molar-refractivity contribution in [2.75, 3.05) is 0 Å². The van der Waals surface area contributed by atoms with Crippen LogP contribution in [0.4, 0.5) is 0 Å². The zero-order chi connectivity index (χ0) is 45.0. The van der Waals surface area contributed by atoms with Gasteiger partial charge in [0, 0.05) is 68.7 Å². The predicted molar refractivity (Wildman–Crippen MR) is 267 cm³/mol. The van der Waals surface area contributed by atoms with Crippen LogP contribution in [0.3, 0.4) is 0 Å².